The maximum atomic E-state index is 13.4. The highest BCUT2D eigenvalue weighted by Gasteiger charge is 2.51. The first-order valence-electron chi connectivity index (χ1n) is 37.8. The van der Waals surface area contributed by atoms with Gasteiger partial charge >= 0.3 is 0 Å². The molecule has 12 unspecified atom stereocenters. The summed E-state index contributed by atoms with van der Waals surface area (Å²) < 4.78 is 22.9. The van der Waals surface area contributed by atoms with Crippen molar-refractivity contribution in [3.63, 3.8) is 0 Å². The van der Waals surface area contributed by atoms with Gasteiger partial charge in [0.2, 0.25) is 5.91 Å². The number of carbonyl (C=O) groups excluding carboxylic acids is 1. The fourth-order valence-electron chi connectivity index (χ4n) is 12.1. The molecule has 2 fully saturated rings. The molecule has 92 heavy (non-hydrogen) atoms. The summed E-state index contributed by atoms with van der Waals surface area (Å²) in [5, 5.41) is 87.6. The van der Waals surface area contributed by atoms with Crippen molar-refractivity contribution in [1.29, 1.82) is 0 Å². The third kappa shape index (κ3) is 44.8. The Balaban J connectivity index is 1.66. The molecule has 1 amide bonds. The lowest BCUT2D eigenvalue weighted by Crippen LogP contribution is -2.65. The molecule has 2 aliphatic rings. The van der Waals surface area contributed by atoms with Crippen molar-refractivity contribution in [2.45, 2.75) is 383 Å². The van der Waals surface area contributed by atoms with Crippen molar-refractivity contribution in [1.82, 2.24) is 5.32 Å². The van der Waals surface area contributed by atoms with Gasteiger partial charge in [-0.05, 0) is 70.6 Å². The molecule has 2 heterocycles. The molecule has 14 nitrogen and oxygen atoms in total. The Kier molecular flexibility index (Phi) is 57.2. The number of rotatable bonds is 62. The lowest BCUT2D eigenvalue weighted by Gasteiger charge is -2.46. The fourth-order valence-corrected chi connectivity index (χ4v) is 12.1. The molecule has 12 atom stereocenters. The first kappa shape index (κ1) is 85.3. The van der Waals surface area contributed by atoms with E-state index in [1.807, 2.05) is 6.08 Å². The zero-order chi connectivity index (χ0) is 66.6. The van der Waals surface area contributed by atoms with Crippen LogP contribution in [0.1, 0.15) is 309 Å². The molecule has 0 bridgehead atoms. The summed E-state index contributed by atoms with van der Waals surface area (Å²) in [6.07, 6.45) is 69.3. The van der Waals surface area contributed by atoms with Crippen LogP contribution in [0.15, 0.2) is 85.1 Å². The summed E-state index contributed by atoms with van der Waals surface area (Å²) in [7, 11) is 0. The minimum absolute atomic E-state index is 0.247. The van der Waals surface area contributed by atoms with E-state index >= 15 is 0 Å². The van der Waals surface area contributed by atoms with Crippen LogP contribution in [-0.2, 0) is 23.7 Å². The number of aliphatic hydroxyl groups is 8. The van der Waals surface area contributed by atoms with Crippen molar-refractivity contribution in [3.8, 4) is 0 Å². The molecular formula is C78H139NO13. The van der Waals surface area contributed by atoms with Gasteiger partial charge in [0.15, 0.2) is 12.6 Å². The van der Waals surface area contributed by atoms with Crippen LogP contribution in [-0.4, -0.2) is 140 Å². The maximum Gasteiger partial charge on any atom is 0.220 e. The molecule has 14 heteroatoms. The van der Waals surface area contributed by atoms with E-state index in [1.165, 1.54) is 193 Å². The number of hydrogen-bond acceptors (Lipinski definition) is 13. The zero-order valence-electron chi connectivity index (χ0n) is 58.3. The number of carbonyl (C=O) groups is 1. The van der Waals surface area contributed by atoms with E-state index in [2.05, 4.69) is 92.1 Å². The lowest BCUT2D eigenvalue weighted by atomic mass is 9.97. The summed E-state index contributed by atoms with van der Waals surface area (Å²) >= 11 is 0. The molecule has 2 aliphatic heterocycles. The van der Waals surface area contributed by atoms with E-state index in [0.29, 0.717) is 6.42 Å². The van der Waals surface area contributed by atoms with Crippen LogP contribution in [0, 0.1) is 0 Å². The molecule has 0 aromatic heterocycles. The van der Waals surface area contributed by atoms with Crippen molar-refractivity contribution >= 4 is 5.91 Å². The van der Waals surface area contributed by atoms with E-state index in [4.69, 9.17) is 18.9 Å². The molecule has 534 valence electrons. The van der Waals surface area contributed by atoms with E-state index in [9.17, 15) is 45.6 Å². The number of hydrogen-bond donors (Lipinski definition) is 9. The van der Waals surface area contributed by atoms with Crippen LogP contribution in [0.4, 0.5) is 0 Å². The Morgan fingerprint density at radius 1 is 0.402 bits per heavy atom. The lowest BCUT2D eigenvalue weighted by molar-refractivity contribution is -0.359. The normalized spacial score (nSPS) is 23.2. The van der Waals surface area contributed by atoms with Gasteiger partial charge in [-0.3, -0.25) is 4.79 Å². The standard InChI is InChI=1S/C78H139NO13/c1-3-5-7-9-11-13-15-17-19-21-23-25-27-29-31-32-33-34-36-37-39-41-43-45-47-49-51-53-55-57-59-61-67(82)66(65-89-77-75(88)73(86)76(69(64-81)91-77)92-78-74(87)72(85)71(84)68(63-80)90-78)79-70(83)62-60-58-56-54-52-50-48-46-44-42-40-38-35-30-28-26-24-22-20-18-16-14-12-10-8-6-4-2/h6,8,12,14,18,20,24,26,30,35,40,42,59,61,66-69,71-78,80-82,84-88H,3-5,7,9-11,13,15-17,19,21-23,25,27-29,31-34,36-39,41,43-58,60,62-65H2,1-2H3,(H,79,83)/b8-6-,14-12-,20-18-,26-24-,35-30-,42-40-,61-59+. The number of nitrogens with one attached hydrogen (secondary N) is 1. The van der Waals surface area contributed by atoms with Gasteiger partial charge in [-0.1, -0.05) is 317 Å². The van der Waals surface area contributed by atoms with E-state index in [-0.39, 0.29) is 18.9 Å². The fraction of sp³-hybridized carbons (Fsp3) is 0.808. The van der Waals surface area contributed by atoms with Crippen LogP contribution < -0.4 is 5.32 Å². The number of ether oxygens (including phenoxy) is 4. The topological polar surface area (TPSA) is 228 Å². The SMILES string of the molecule is CC/C=C\C/C=C\C/C=C\C/C=C\C/C=C\C/C=C\CCCCCCCCCCC(=O)NC(COC1OC(CO)C(OC2OC(CO)C(O)C(O)C2O)C(O)C1O)C(O)/C=C/CCCCCCCCCCCCCCCCCCCCCCCCCCCCCCC. The predicted octanol–water partition coefficient (Wildman–Crippen LogP) is 16.4. The third-order valence-corrected chi connectivity index (χ3v) is 18.1. The molecule has 0 aromatic rings. The summed E-state index contributed by atoms with van der Waals surface area (Å²) in [6.45, 7) is 2.71. The van der Waals surface area contributed by atoms with Crippen molar-refractivity contribution in [2.75, 3.05) is 19.8 Å². The second-order valence-corrected chi connectivity index (χ2v) is 26.4. The Bertz CT molecular complexity index is 1870. The quantitative estimate of drug-likeness (QED) is 0.0204. The Hall–Kier alpha value is -2.83. The van der Waals surface area contributed by atoms with Gasteiger partial charge < -0.3 is 65.1 Å². The first-order valence-corrected chi connectivity index (χ1v) is 37.8. The zero-order valence-corrected chi connectivity index (χ0v) is 58.3. The summed E-state index contributed by atoms with van der Waals surface area (Å²) in [5.74, 6) is -0.247. The summed E-state index contributed by atoms with van der Waals surface area (Å²) in [5.41, 5.74) is 0. The van der Waals surface area contributed by atoms with Crippen LogP contribution >= 0.6 is 0 Å². The average molecular weight is 1300 g/mol. The number of allylic oxidation sites excluding steroid dienone is 13. The van der Waals surface area contributed by atoms with Gasteiger partial charge in [0.25, 0.3) is 0 Å². The molecule has 0 spiro atoms. The largest absolute Gasteiger partial charge is 0.394 e. The van der Waals surface area contributed by atoms with Gasteiger partial charge in [0, 0.05) is 6.42 Å². The molecule has 0 saturated carbocycles. The maximum absolute atomic E-state index is 13.4. The summed E-state index contributed by atoms with van der Waals surface area (Å²) in [4.78, 5) is 13.4. The monoisotopic (exact) mass is 1300 g/mol. The summed E-state index contributed by atoms with van der Waals surface area (Å²) in [6, 6.07) is -0.927. The second kappa shape index (κ2) is 61.7. The van der Waals surface area contributed by atoms with E-state index < -0.39 is 86.8 Å². The highest BCUT2D eigenvalue weighted by atomic mass is 16.7. The highest BCUT2D eigenvalue weighted by Crippen LogP contribution is 2.30. The average Bonchev–Trinajstić information content (AvgIpc) is 0.882. The molecule has 2 rings (SSSR count). The predicted molar refractivity (Wildman–Crippen MR) is 378 cm³/mol. The van der Waals surface area contributed by atoms with Gasteiger partial charge in [-0.15, -0.1) is 0 Å². The molecule has 0 radical (unpaired) electrons. The highest BCUT2D eigenvalue weighted by molar-refractivity contribution is 5.76. The Morgan fingerprint density at radius 2 is 0.750 bits per heavy atom. The van der Waals surface area contributed by atoms with E-state index in [0.717, 1.165) is 89.9 Å². The molecule has 0 aromatic carbocycles. The molecule has 2 saturated heterocycles. The van der Waals surface area contributed by atoms with Crippen LogP contribution in [0.2, 0.25) is 0 Å². The molecule has 9 N–H and O–H groups in total. The van der Waals surface area contributed by atoms with Gasteiger partial charge in [-0.2, -0.15) is 0 Å². The minimum atomic E-state index is -1.79. The number of aliphatic hydroxyl groups excluding tert-OH is 8. The van der Waals surface area contributed by atoms with Crippen molar-refractivity contribution in [3.05, 3.63) is 85.1 Å². The van der Waals surface area contributed by atoms with Gasteiger partial charge in [0.1, 0.15) is 48.8 Å². The minimum Gasteiger partial charge on any atom is -0.394 e. The number of unbranched alkanes of at least 4 members (excludes halogenated alkanes) is 37. The van der Waals surface area contributed by atoms with Crippen LogP contribution in [0.5, 0.6) is 0 Å². The Morgan fingerprint density at radius 3 is 1.15 bits per heavy atom. The Labute approximate surface area is 561 Å². The van der Waals surface area contributed by atoms with Crippen LogP contribution in [0.25, 0.3) is 0 Å². The van der Waals surface area contributed by atoms with Crippen molar-refractivity contribution < 1.29 is 64.6 Å². The smallest absolute Gasteiger partial charge is 0.220 e. The number of amides is 1. The van der Waals surface area contributed by atoms with Crippen molar-refractivity contribution in [2.24, 2.45) is 0 Å². The molecule has 0 aliphatic carbocycles. The first-order chi connectivity index (χ1) is 45.1. The van der Waals surface area contributed by atoms with Gasteiger partial charge in [-0.25, -0.2) is 0 Å². The second-order valence-electron chi connectivity index (χ2n) is 26.4. The molecular weight excluding hydrogens is 1160 g/mol. The van der Waals surface area contributed by atoms with E-state index in [1.54, 1.807) is 6.08 Å². The van der Waals surface area contributed by atoms with Crippen LogP contribution in [0.3, 0.4) is 0 Å². The van der Waals surface area contributed by atoms with Gasteiger partial charge in [0.05, 0.1) is 32.0 Å². The third-order valence-electron chi connectivity index (χ3n) is 18.1.